The number of hydrogen-bond donors (Lipinski definition) is 0. The molecule has 0 heterocycles. The van der Waals surface area contributed by atoms with Crippen molar-refractivity contribution in [1.29, 1.82) is 0 Å². The Morgan fingerprint density at radius 1 is 0.520 bits per heavy atom. The highest BCUT2D eigenvalue weighted by atomic mass is 14.0. The minimum atomic E-state index is 0. The first kappa shape index (κ1) is 31.2. The van der Waals surface area contributed by atoms with Crippen molar-refractivity contribution < 1.29 is 0 Å². The lowest BCUT2D eigenvalue weighted by Crippen LogP contribution is -1.85. The first-order chi connectivity index (χ1) is 11.0. The summed E-state index contributed by atoms with van der Waals surface area (Å²) in [6.07, 6.45) is 0. The zero-order valence-corrected chi connectivity index (χ0v) is 16.9. The number of benzene rings is 2. The molecule has 2 aromatic carbocycles. The van der Waals surface area contributed by atoms with Gasteiger partial charge in [-0.15, -0.1) is 0 Å². The van der Waals surface area contributed by atoms with Gasteiger partial charge in [0.15, 0.2) is 0 Å². The molecule has 0 bridgehead atoms. The lowest BCUT2D eigenvalue weighted by molar-refractivity contribution is 0.866. The second-order valence-electron chi connectivity index (χ2n) is 5.63. The third-order valence-electron chi connectivity index (χ3n) is 3.21. The summed E-state index contributed by atoms with van der Waals surface area (Å²) in [6.45, 7) is 18.9. The summed E-state index contributed by atoms with van der Waals surface area (Å²) in [6, 6.07) is 19.2. The molecule has 0 heteroatoms. The zero-order chi connectivity index (χ0) is 18.3. The Balaban J connectivity index is -0.000000138. The fourth-order valence-corrected chi connectivity index (χ4v) is 1.79. The highest BCUT2D eigenvalue weighted by Crippen LogP contribution is 2.13. The zero-order valence-electron chi connectivity index (χ0n) is 16.9. The van der Waals surface area contributed by atoms with Crippen molar-refractivity contribution in [3.05, 3.63) is 71.3 Å². The SMILES string of the molecule is C.C.CC.CC.CC(C)c1ccccc1.Cc1ccc(C(C)C)cc1. The van der Waals surface area contributed by atoms with Crippen LogP contribution in [0.3, 0.4) is 0 Å². The smallest absolute Gasteiger partial charge is 0.0219 e. The van der Waals surface area contributed by atoms with Gasteiger partial charge in [-0.2, -0.15) is 0 Å². The maximum absolute atomic E-state index is 2.21. The molecule has 2 aromatic rings. The minimum absolute atomic E-state index is 0. The monoisotopic (exact) mass is 346 g/mol. The summed E-state index contributed by atoms with van der Waals surface area (Å²) in [7, 11) is 0. The standard InChI is InChI=1S/C10H14.C9H12.2C2H6.2CH4/c1-8(2)10-6-4-9(3)5-7-10;1-8(2)9-6-4-3-5-7-9;2*1-2;;/h4-8H,1-3H3;3-8H,1-2H3;2*1-2H3;2*1H4. The molecule has 0 unspecified atom stereocenters. The molecule has 0 fully saturated rings. The molecule has 0 saturated heterocycles. The molecule has 146 valence electrons. The molecule has 0 aliphatic rings. The Morgan fingerprint density at radius 3 is 1.12 bits per heavy atom. The molecular weight excluding hydrogens is 300 g/mol. The highest BCUT2D eigenvalue weighted by molar-refractivity contribution is 5.23. The van der Waals surface area contributed by atoms with E-state index >= 15 is 0 Å². The molecule has 0 radical (unpaired) electrons. The van der Waals surface area contributed by atoms with Crippen LogP contribution in [0.1, 0.15) is 98.8 Å². The Hall–Kier alpha value is -1.56. The van der Waals surface area contributed by atoms with Crippen molar-refractivity contribution in [2.24, 2.45) is 0 Å². The van der Waals surface area contributed by atoms with Crippen LogP contribution in [0.5, 0.6) is 0 Å². The Kier molecular flexibility index (Phi) is 25.6. The van der Waals surface area contributed by atoms with E-state index in [0.29, 0.717) is 11.8 Å². The number of aryl methyl sites for hydroxylation is 1. The van der Waals surface area contributed by atoms with Crippen molar-refractivity contribution in [2.45, 2.75) is 89.0 Å². The molecule has 0 amide bonds. The molecule has 0 atom stereocenters. The first-order valence-electron chi connectivity index (χ1n) is 9.12. The fourth-order valence-electron chi connectivity index (χ4n) is 1.79. The average Bonchev–Trinajstić information content (AvgIpc) is 2.60. The van der Waals surface area contributed by atoms with Gasteiger partial charge in [-0.1, -0.05) is 130 Å². The Bertz CT molecular complexity index is 449. The lowest BCUT2D eigenvalue weighted by atomic mass is 10.0. The molecule has 0 aromatic heterocycles. The van der Waals surface area contributed by atoms with Crippen molar-refractivity contribution >= 4 is 0 Å². The number of rotatable bonds is 2. The van der Waals surface area contributed by atoms with Crippen molar-refractivity contribution in [3.8, 4) is 0 Å². The van der Waals surface area contributed by atoms with Gasteiger partial charge in [0.25, 0.3) is 0 Å². The highest BCUT2D eigenvalue weighted by Gasteiger charge is 1.95. The predicted molar refractivity (Wildman–Crippen MR) is 122 cm³/mol. The summed E-state index contributed by atoms with van der Waals surface area (Å²) in [5.41, 5.74) is 4.17. The van der Waals surface area contributed by atoms with Crippen molar-refractivity contribution in [1.82, 2.24) is 0 Å². The maximum atomic E-state index is 2.21. The van der Waals surface area contributed by atoms with E-state index in [1.807, 2.05) is 33.8 Å². The molecule has 0 nitrogen and oxygen atoms in total. The van der Waals surface area contributed by atoms with Gasteiger partial charge in [-0.25, -0.2) is 0 Å². The summed E-state index contributed by atoms with van der Waals surface area (Å²) in [5.74, 6) is 1.31. The van der Waals surface area contributed by atoms with E-state index in [9.17, 15) is 0 Å². The van der Waals surface area contributed by atoms with Gasteiger partial charge in [-0.3, -0.25) is 0 Å². The third kappa shape index (κ3) is 15.7. The topological polar surface area (TPSA) is 0 Å². The molecule has 0 saturated carbocycles. The van der Waals surface area contributed by atoms with Crippen LogP contribution in [0.4, 0.5) is 0 Å². The van der Waals surface area contributed by atoms with E-state index in [1.54, 1.807) is 0 Å². The van der Waals surface area contributed by atoms with Crippen molar-refractivity contribution in [3.63, 3.8) is 0 Å². The van der Waals surface area contributed by atoms with Crippen LogP contribution in [0.15, 0.2) is 54.6 Å². The normalized spacial score (nSPS) is 8.28. The van der Waals surface area contributed by atoms with Gasteiger partial charge in [0, 0.05) is 0 Å². The molecule has 0 N–H and O–H groups in total. The quantitative estimate of drug-likeness (QED) is 0.508. The third-order valence-corrected chi connectivity index (χ3v) is 3.21. The summed E-state index contributed by atoms with van der Waals surface area (Å²) < 4.78 is 0. The van der Waals surface area contributed by atoms with Crippen LogP contribution in [0, 0.1) is 6.92 Å². The fraction of sp³-hybridized carbons (Fsp3) is 0.520. The maximum Gasteiger partial charge on any atom is -0.0219 e. The van der Waals surface area contributed by atoms with Crippen LogP contribution in [0.2, 0.25) is 0 Å². The van der Waals surface area contributed by atoms with Gasteiger partial charge < -0.3 is 0 Å². The van der Waals surface area contributed by atoms with Gasteiger partial charge >= 0.3 is 0 Å². The van der Waals surface area contributed by atoms with E-state index in [2.05, 4.69) is 83.1 Å². The van der Waals surface area contributed by atoms with Gasteiger partial charge in [0.05, 0.1) is 0 Å². The van der Waals surface area contributed by atoms with Crippen LogP contribution < -0.4 is 0 Å². The minimum Gasteiger partial charge on any atom is -0.0776 e. The van der Waals surface area contributed by atoms with E-state index in [1.165, 1.54) is 16.7 Å². The molecule has 25 heavy (non-hydrogen) atoms. The predicted octanol–water partition coefficient (Wildman–Crippen LogP) is 9.25. The van der Waals surface area contributed by atoms with Gasteiger partial charge in [0.2, 0.25) is 0 Å². The molecule has 0 aliphatic carbocycles. The van der Waals surface area contributed by atoms with E-state index < -0.39 is 0 Å². The lowest BCUT2D eigenvalue weighted by Gasteiger charge is -2.03. The largest absolute Gasteiger partial charge is 0.0776 e. The van der Waals surface area contributed by atoms with Crippen LogP contribution in [-0.4, -0.2) is 0 Å². The van der Waals surface area contributed by atoms with Crippen LogP contribution in [-0.2, 0) is 0 Å². The van der Waals surface area contributed by atoms with Crippen LogP contribution in [0.25, 0.3) is 0 Å². The summed E-state index contributed by atoms with van der Waals surface area (Å²) in [5, 5.41) is 0. The molecular formula is C25H46. The average molecular weight is 347 g/mol. The molecule has 0 spiro atoms. The van der Waals surface area contributed by atoms with E-state index in [4.69, 9.17) is 0 Å². The summed E-state index contributed by atoms with van der Waals surface area (Å²) in [4.78, 5) is 0. The van der Waals surface area contributed by atoms with Gasteiger partial charge in [0.1, 0.15) is 0 Å². The second-order valence-corrected chi connectivity index (χ2v) is 5.63. The molecule has 2 rings (SSSR count). The van der Waals surface area contributed by atoms with E-state index in [-0.39, 0.29) is 14.9 Å². The first-order valence-corrected chi connectivity index (χ1v) is 9.12. The Labute approximate surface area is 160 Å². The second kappa shape index (κ2) is 20.5. The molecule has 0 aliphatic heterocycles. The van der Waals surface area contributed by atoms with Crippen molar-refractivity contribution in [2.75, 3.05) is 0 Å². The summed E-state index contributed by atoms with van der Waals surface area (Å²) >= 11 is 0. The number of hydrogen-bond acceptors (Lipinski definition) is 0. The Morgan fingerprint density at radius 2 is 0.840 bits per heavy atom. The van der Waals surface area contributed by atoms with Crippen LogP contribution >= 0.6 is 0 Å². The van der Waals surface area contributed by atoms with E-state index in [0.717, 1.165) is 0 Å². The van der Waals surface area contributed by atoms with Gasteiger partial charge in [-0.05, 0) is 29.9 Å².